The van der Waals surface area contributed by atoms with E-state index in [-0.39, 0.29) is 0 Å². The van der Waals surface area contributed by atoms with Crippen LogP contribution in [0.1, 0.15) is 5.56 Å². The highest BCUT2D eigenvalue weighted by atomic mass is 31.1. The first-order valence-electron chi connectivity index (χ1n) is 3.53. The van der Waals surface area contributed by atoms with Gasteiger partial charge in [-0.2, -0.15) is 0 Å². The van der Waals surface area contributed by atoms with E-state index in [1.807, 2.05) is 5.82 Å². The Morgan fingerprint density at radius 3 is 2.45 bits per heavy atom. The lowest BCUT2D eigenvalue weighted by Gasteiger charge is -1.95. The first kappa shape index (κ1) is 8.91. The summed E-state index contributed by atoms with van der Waals surface area (Å²) in [5, 5.41) is 1.40. The van der Waals surface area contributed by atoms with Gasteiger partial charge in [0.05, 0.1) is 0 Å². The minimum Gasteiger partial charge on any atom is -0.114 e. The lowest BCUT2D eigenvalue weighted by molar-refractivity contribution is 1.49. The fourth-order valence-corrected chi connectivity index (χ4v) is 1.73. The van der Waals surface area contributed by atoms with E-state index in [1.165, 1.54) is 10.9 Å². The largest absolute Gasteiger partial charge is 0.114 e. The second-order valence-corrected chi connectivity index (χ2v) is 3.95. The van der Waals surface area contributed by atoms with Crippen LogP contribution in [0, 0.1) is 6.92 Å². The Labute approximate surface area is 72.1 Å². The van der Waals surface area contributed by atoms with Crippen molar-refractivity contribution in [1.82, 2.24) is 0 Å². The first-order valence-corrected chi connectivity index (χ1v) is 5.27. The van der Waals surface area contributed by atoms with Crippen molar-refractivity contribution >= 4 is 23.1 Å². The van der Waals surface area contributed by atoms with Crippen molar-refractivity contribution in [3.63, 3.8) is 0 Å². The molecule has 0 aliphatic heterocycles. The van der Waals surface area contributed by atoms with Crippen molar-refractivity contribution in [2.75, 3.05) is 0 Å². The van der Waals surface area contributed by atoms with Crippen LogP contribution in [-0.4, -0.2) is 0 Å². The fraction of sp³-hybridized carbons (Fsp3) is 0.111. The highest BCUT2D eigenvalue weighted by Crippen LogP contribution is 2.12. The topological polar surface area (TPSA) is 0 Å². The average Bonchev–Trinajstić information content (AvgIpc) is 2.04. The van der Waals surface area contributed by atoms with Crippen LogP contribution in [0.15, 0.2) is 35.9 Å². The molecule has 58 valence electrons. The van der Waals surface area contributed by atoms with Gasteiger partial charge < -0.3 is 0 Å². The molecule has 0 bridgehead atoms. The molecule has 0 saturated carbocycles. The molecular weight excluding hydrogens is 170 g/mol. The summed E-state index contributed by atoms with van der Waals surface area (Å²) in [5.41, 5.74) is 1.33. The zero-order valence-electron chi connectivity index (χ0n) is 6.54. The van der Waals surface area contributed by atoms with Gasteiger partial charge in [0.15, 0.2) is 0 Å². The number of hydrogen-bond acceptors (Lipinski definition) is 0. The molecule has 0 N–H and O–H groups in total. The molecule has 2 atom stereocenters. The van der Waals surface area contributed by atoms with E-state index in [2.05, 4.69) is 46.2 Å². The molecule has 11 heavy (non-hydrogen) atoms. The molecule has 2 unspecified atom stereocenters. The molecule has 0 saturated heterocycles. The van der Waals surface area contributed by atoms with Crippen molar-refractivity contribution in [3.05, 3.63) is 41.5 Å². The van der Waals surface area contributed by atoms with Gasteiger partial charge in [0.2, 0.25) is 0 Å². The molecule has 0 aliphatic rings. The maximum absolute atomic E-state index is 2.59. The van der Waals surface area contributed by atoms with Crippen LogP contribution in [0.3, 0.4) is 0 Å². The Balaban J connectivity index is 2.66. The Bertz CT molecular complexity index is 236. The molecule has 0 nitrogen and oxygen atoms in total. The zero-order chi connectivity index (χ0) is 8.10. The van der Waals surface area contributed by atoms with Crippen LogP contribution in [-0.2, 0) is 0 Å². The van der Waals surface area contributed by atoms with Crippen molar-refractivity contribution in [2.24, 2.45) is 0 Å². The second-order valence-electron chi connectivity index (χ2n) is 2.37. The lowest BCUT2D eigenvalue weighted by atomic mass is 10.2. The van der Waals surface area contributed by atoms with Gasteiger partial charge in [-0.15, -0.1) is 9.24 Å². The Morgan fingerprint density at radius 1 is 1.27 bits per heavy atom. The van der Waals surface area contributed by atoms with E-state index in [0.29, 0.717) is 0 Å². The number of hydrogen-bond donors (Lipinski definition) is 0. The first-order chi connectivity index (χ1) is 5.33. The monoisotopic (exact) mass is 182 g/mol. The fourth-order valence-electron chi connectivity index (χ4n) is 0.794. The molecule has 1 aromatic rings. The van der Waals surface area contributed by atoms with Gasteiger partial charge in [-0.3, -0.25) is 0 Å². The molecule has 0 radical (unpaired) electrons. The van der Waals surface area contributed by atoms with Crippen molar-refractivity contribution < 1.29 is 0 Å². The Hall–Kier alpha value is -0.180. The molecule has 0 heterocycles. The van der Waals surface area contributed by atoms with Crippen LogP contribution in [0.2, 0.25) is 0 Å². The summed E-state index contributed by atoms with van der Waals surface area (Å²) in [6.07, 6.45) is 0. The van der Waals surface area contributed by atoms with E-state index >= 15 is 0 Å². The molecular formula is C9H12P2. The third-order valence-corrected chi connectivity index (χ3v) is 3.00. The third kappa shape index (κ3) is 3.14. The summed E-state index contributed by atoms with van der Waals surface area (Å²) in [5.74, 6) is 4.17. The highest BCUT2D eigenvalue weighted by Gasteiger charge is 1.86. The van der Waals surface area contributed by atoms with Gasteiger partial charge in [0.25, 0.3) is 0 Å². The van der Waals surface area contributed by atoms with Gasteiger partial charge in [-0.25, -0.2) is 0 Å². The predicted octanol–water partition coefficient (Wildman–Crippen LogP) is 2.65. The molecule has 0 fully saturated rings. The number of rotatable bonds is 2. The summed E-state index contributed by atoms with van der Waals surface area (Å²) in [7, 11) is 3.39. The van der Waals surface area contributed by atoms with E-state index < -0.39 is 0 Å². The minimum absolute atomic E-state index is 0.799. The summed E-state index contributed by atoms with van der Waals surface area (Å²) in [6, 6.07) is 8.66. The van der Waals surface area contributed by atoms with E-state index in [9.17, 15) is 0 Å². The molecule has 0 aromatic heterocycles. The standard InChI is InChI=1S/C9H12P2/c1-8-2-4-9(5-3-8)11-7-6-10/h2-7,11H,10H2,1H3. The SMILES string of the molecule is Cc1ccc(PC=CP)cc1. The van der Waals surface area contributed by atoms with E-state index in [0.717, 1.165) is 8.58 Å². The number of benzene rings is 1. The lowest BCUT2D eigenvalue weighted by Crippen LogP contribution is -1.90. The third-order valence-electron chi connectivity index (χ3n) is 1.40. The predicted molar refractivity (Wildman–Crippen MR) is 58.0 cm³/mol. The zero-order valence-corrected chi connectivity index (χ0v) is 8.70. The Kier molecular flexibility index (Phi) is 3.77. The molecule has 0 spiro atoms. The second kappa shape index (κ2) is 4.65. The van der Waals surface area contributed by atoms with Crippen LogP contribution < -0.4 is 5.30 Å². The van der Waals surface area contributed by atoms with Gasteiger partial charge in [0.1, 0.15) is 0 Å². The van der Waals surface area contributed by atoms with Gasteiger partial charge in [-0.1, -0.05) is 50.0 Å². The summed E-state index contributed by atoms with van der Waals surface area (Å²) >= 11 is 0. The maximum Gasteiger partial charge on any atom is -0.0232 e. The van der Waals surface area contributed by atoms with Crippen molar-refractivity contribution in [3.8, 4) is 0 Å². The van der Waals surface area contributed by atoms with Gasteiger partial charge >= 0.3 is 0 Å². The quantitative estimate of drug-likeness (QED) is 0.617. The highest BCUT2D eigenvalue weighted by molar-refractivity contribution is 7.51. The summed E-state index contributed by atoms with van der Waals surface area (Å²) in [6.45, 7) is 2.11. The van der Waals surface area contributed by atoms with E-state index in [1.54, 1.807) is 0 Å². The maximum atomic E-state index is 2.59. The molecule has 1 rings (SSSR count). The van der Waals surface area contributed by atoms with Crippen molar-refractivity contribution in [1.29, 1.82) is 0 Å². The number of aryl methyl sites for hydroxylation is 1. The van der Waals surface area contributed by atoms with Crippen molar-refractivity contribution in [2.45, 2.75) is 6.92 Å². The van der Waals surface area contributed by atoms with Gasteiger partial charge in [0, 0.05) is 0 Å². The summed E-state index contributed by atoms with van der Waals surface area (Å²) in [4.78, 5) is 0. The Morgan fingerprint density at radius 2 is 1.91 bits per heavy atom. The van der Waals surface area contributed by atoms with Crippen LogP contribution in [0.25, 0.3) is 0 Å². The van der Waals surface area contributed by atoms with Crippen LogP contribution in [0.4, 0.5) is 0 Å². The average molecular weight is 182 g/mol. The van der Waals surface area contributed by atoms with Crippen LogP contribution >= 0.6 is 17.8 Å². The molecule has 1 aromatic carbocycles. The normalized spacial score (nSPS) is 11.8. The van der Waals surface area contributed by atoms with E-state index in [4.69, 9.17) is 0 Å². The van der Waals surface area contributed by atoms with Gasteiger partial charge in [-0.05, 0) is 12.2 Å². The smallest absolute Gasteiger partial charge is 0.0232 e. The van der Waals surface area contributed by atoms with Crippen LogP contribution in [0.5, 0.6) is 0 Å². The molecule has 2 heteroatoms. The summed E-state index contributed by atoms with van der Waals surface area (Å²) < 4.78 is 0. The minimum atomic E-state index is 0.799. The molecule has 0 amide bonds. The molecule has 0 aliphatic carbocycles.